The quantitative estimate of drug-likeness (QED) is 0.606. The van der Waals surface area contributed by atoms with Gasteiger partial charge in [0.1, 0.15) is 17.6 Å². The van der Waals surface area contributed by atoms with E-state index in [1.54, 1.807) is 42.5 Å². The van der Waals surface area contributed by atoms with Gasteiger partial charge in [-0.15, -0.1) is 0 Å². The van der Waals surface area contributed by atoms with E-state index in [4.69, 9.17) is 4.42 Å². The highest BCUT2D eigenvalue weighted by Gasteiger charge is 2.45. The molecule has 0 N–H and O–H groups in total. The Morgan fingerprint density at radius 2 is 1.83 bits per heavy atom. The molecule has 30 heavy (non-hydrogen) atoms. The van der Waals surface area contributed by atoms with Crippen LogP contribution in [0.25, 0.3) is 0 Å². The Kier molecular flexibility index (Phi) is 5.18. The highest BCUT2D eigenvalue weighted by atomic mass is 19.1. The van der Waals surface area contributed by atoms with Gasteiger partial charge >= 0.3 is 0 Å². The second-order valence-electron chi connectivity index (χ2n) is 7.12. The number of benzene rings is 2. The van der Waals surface area contributed by atoms with E-state index in [-0.39, 0.29) is 18.5 Å². The van der Waals surface area contributed by atoms with Gasteiger partial charge in [0.05, 0.1) is 30.5 Å². The molecule has 1 aliphatic heterocycles. The zero-order valence-electron chi connectivity index (χ0n) is 16.2. The Hall–Kier alpha value is -3.74. The molecule has 1 unspecified atom stereocenters. The molecule has 3 aromatic rings. The lowest BCUT2D eigenvalue weighted by molar-refractivity contribution is -0.122. The first kappa shape index (κ1) is 19.6. The smallest absolute Gasteiger partial charge is 0.257 e. The molecule has 1 atom stereocenters. The first-order valence-corrected chi connectivity index (χ1v) is 9.47. The number of rotatable bonds is 5. The van der Waals surface area contributed by atoms with Crippen LogP contribution in [-0.2, 0) is 16.1 Å². The second-order valence-corrected chi connectivity index (χ2v) is 7.12. The number of aryl methyl sites for hydroxylation is 1. The Morgan fingerprint density at radius 1 is 1.10 bits per heavy atom. The number of halogens is 1. The van der Waals surface area contributed by atoms with Crippen LogP contribution < -0.4 is 4.90 Å². The van der Waals surface area contributed by atoms with Gasteiger partial charge in [-0.25, -0.2) is 9.29 Å². The molecule has 0 spiro atoms. The molecule has 0 saturated carbocycles. The van der Waals surface area contributed by atoms with Crippen LogP contribution in [0.15, 0.2) is 71.3 Å². The fourth-order valence-corrected chi connectivity index (χ4v) is 3.51. The van der Waals surface area contributed by atoms with Gasteiger partial charge in [0.25, 0.3) is 11.8 Å². The summed E-state index contributed by atoms with van der Waals surface area (Å²) in [6.45, 7) is 1.84. The lowest BCUT2D eigenvalue weighted by atomic mass is 10.1. The molecule has 2 heterocycles. The van der Waals surface area contributed by atoms with Gasteiger partial charge in [0, 0.05) is 0 Å². The number of hydrogen-bond donors (Lipinski definition) is 0. The van der Waals surface area contributed by atoms with E-state index in [1.165, 1.54) is 29.4 Å². The van der Waals surface area contributed by atoms with Crippen molar-refractivity contribution in [2.45, 2.75) is 25.9 Å². The third-order valence-electron chi connectivity index (χ3n) is 5.06. The third kappa shape index (κ3) is 3.61. The zero-order valence-corrected chi connectivity index (χ0v) is 16.2. The second kappa shape index (κ2) is 7.94. The van der Waals surface area contributed by atoms with Crippen LogP contribution in [0.4, 0.5) is 10.1 Å². The number of hydrogen-bond acceptors (Lipinski definition) is 4. The van der Waals surface area contributed by atoms with Crippen LogP contribution in [0, 0.1) is 12.7 Å². The maximum atomic E-state index is 14.3. The maximum Gasteiger partial charge on any atom is 0.257 e. The Bertz CT molecular complexity index is 1090. The number of imide groups is 1. The van der Waals surface area contributed by atoms with E-state index in [1.807, 2.05) is 6.92 Å². The molecule has 0 bridgehead atoms. The van der Waals surface area contributed by atoms with E-state index in [0.717, 1.165) is 10.5 Å². The number of carbonyl (C=O) groups excluding carboxylic acids is 3. The van der Waals surface area contributed by atoms with Crippen molar-refractivity contribution in [3.05, 3.63) is 89.6 Å². The summed E-state index contributed by atoms with van der Waals surface area (Å²) in [5.74, 6) is -1.89. The van der Waals surface area contributed by atoms with E-state index < -0.39 is 29.6 Å². The average molecular weight is 406 g/mol. The molecule has 4 rings (SSSR count). The van der Waals surface area contributed by atoms with E-state index in [0.29, 0.717) is 11.4 Å². The van der Waals surface area contributed by atoms with E-state index in [2.05, 4.69) is 0 Å². The monoisotopic (exact) mass is 406 g/mol. The summed E-state index contributed by atoms with van der Waals surface area (Å²) >= 11 is 0. The standard InChI is InChI=1S/C23H19FN2O4/c1-15-8-10-16(11-9-15)26-21(27)13-20(23(26)29)25(14-17-5-4-12-30-17)22(28)18-6-2-3-7-19(18)24/h2-12,20H,13-14H2,1H3. The Morgan fingerprint density at radius 3 is 2.50 bits per heavy atom. The maximum absolute atomic E-state index is 14.3. The summed E-state index contributed by atoms with van der Waals surface area (Å²) in [6.07, 6.45) is 1.26. The predicted molar refractivity (Wildman–Crippen MR) is 107 cm³/mol. The van der Waals surface area contributed by atoms with Crippen LogP contribution in [0.2, 0.25) is 0 Å². The molecule has 1 aromatic heterocycles. The summed E-state index contributed by atoms with van der Waals surface area (Å²) in [5, 5.41) is 0. The molecule has 6 nitrogen and oxygen atoms in total. The first-order chi connectivity index (χ1) is 14.5. The molecule has 152 valence electrons. The molecule has 7 heteroatoms. The van der Waals surface area contributed by atoms with Gasteiger partial charge in [-0.1, -0.05) is 29.8 Å². The molecule has 0 radical (unpaired) electrons. The summed E-state index contributed by atoms with van der Waals surface area (Å²) in [6, 6.07) is 14.8. The molecule has 1 saturated heterocycles. The van der Waals surface area contributed by atoms with Gasteiger partial charge in [-0.05, 0) is 43.3 Å². The average Bonchev–Trinajstić information content (AvgIpc) is 3.35. The summed E-state index contributed by atoms with van der Waals surface area (Å²) in [7, 11) is 0. The first-order valence-electron chi connectivity index (χ1n) is 9.47. The molecular formula is C23H19FN2O4. The van der Waals surface area contributed by atoms with Gasteiger partial charge in [-0.3, -0.25) is 14.4 Å². The van der Waals surface area contributed by atoms with Crippen LogP contribution in [0.5, 0.6) is 0 Å². The molecule has 1 fully saturated rings. The molecule has 3 amide bonds. The number of anilines is 1. The van der Waals surface area contributed by atoms with Crippen molar-refractivity contribution in [3.63, 3.8) is 0 Å². The number of amides is 3. The molecule has 0 aliphatic carbocycles. The Labute approximate surface area is 172 Å². The van der Waals surface area contributed by atoms with Crippen molar-refractivity contribution in [1.29, 1.82) is 0 Å². The van der Waals surface area contributed by atoms with Crippen molar-refractivity contribution in [2.24, 2.45) is 0 Å². The van der Waals surface area contributed by atoms with Crippen LogP contribution in [0.1, 0.15) is 28.1 Å². The van der Waals surface area contributed by atoms with Crippen LogP contribution >= 0.6 is 0 Å². The van der Waals surface area contributed by atoms with Gasteiger partial charge < -0.3 is 9.32 Å². The lowest BCUT2D eigenvalue weighted by Gasteiger charge is -2.27. The molecular weight excluding hydrogens is 387 g/mol. The van der Waals surface area contributed by atoms with Gasteiger partial charge in [0.2, 0.25) is 5.91 Å². The lowest BCUT2D eigenvalue weighted by Crippen LogP contribution is -2.45. The summed E-state index contributed by atoms with van der Waals surface area (Å²) in [5.41, 5.74) is 1.26. The minimum absolute atomic E-state index is 0.0639. The zero-order chi connectivity index (χ0) is 21.3. The van der Waals surface area contributed by atoms with Gasteiger partial charge in [0.15, 0.2) is 0 Å². The van der Waals surface area contributed by atoms with Crippen LogP contribution in [-0.4, -0.2) is 28.7 Å². The van der Waals surface area contributed by atoms with Crippen molar-refractivity contribution in [3.8, 4) is 0 Å². The number of nitrogens with zero attached hydrogens (tertiary/aromatic N) is 2. The highest BCUT2D eigenvalue weighted by molar-refractivity contribution is 6.23. The Balaban J connectivity index is 1.69. The highest BCUT2D eigenvalue weighted by Crippen LogP contribution is 2.28. The minimum Gasteiger partial charge on any atom is -0.467 e. The van der Waals surface area contributed by atoms with Crippen molar-refractivity contribution in [2.75, 3.05) is 4.90 Å². The molecule has 2 aromatic carbocycles. The van der Waals surface area contributed by atoms with E-state index in [9.17, 15) is 18.8 Å². The number of carbonyl (C=O) groups is 3. The predicted octanol–water partition coefficient (Wildman–Crippen LogP) is 3.70. The largest absolute Gasteiger partial charge is 0.467 e. The topological polar surface area (TPSA) is 70.8 Å². The van der Waals surface area contributed by atoms with Crippen molar-refractivity contribution < 1.29 is 23.2 Å². The van der Waals surface area contributed by atoms with Gasteiger partial charge in [-0.2, -0.15) is 0 Å². The number of furan rings is 1. The van der Waals surface area contributed by atoms with E-state index >= 15 is 0 Å². The normalized spacial score (nSPS) is 16.2. The van der Waals surface area contributed by atoms with Crippen molar-refractivity contribution in [1.82, 2.24) is 4.90 Å². The minimum atomic E-state index is -1.06. The summed E-state index contributed by atoms with van der Waals surface area (Å²) in [4.78, 5) is 41.3. The summed E-state index contributed by atoms with van der Waals surface area (Å²) < 4.78 is 19.6. The fourth-order valence-electron chi connectivity index (χ4n) is 3.51. The molecule has 1 aliphatic rings. The third-order valence-corrected chi connectivity index (χ3v) is 5.06. The van der Waals surface area contributed by atoms with Crippen molar-refractivity contribution >= 4 is 23.4 Å². The SMILES string of the molecule is Cc1ccc(N2C(=O)CC(N(Cc3ccco3)C(=O)c3ccccc3F)C2=O)cc1. The fraction of sp³-hybridized carbons (Fsp3) is 0.174. The van der Waals surface area contributed by atoms with Crippen LogP contribution in [0.3, 0.4) is 0 Å².